The van der Waals surface area contributed by atoms with Crippen molar-refractivity contribution in [1.29, 1.82) is 0 Å². The number of rotatable bonds is 1. The van der Waals surface area contributed by atoms with Gasteiger partial charge in [0.2, 0.25) is 0 Å². The van der Waals surface area contributed by atoms with E-state index in [1.807, 2.05) is 13.0 Å². The lowest BCUT2D eigenvalue weighted by molar-refractivity contribution is 0.169. The molecule has 3 rings (SSSR count). The number of hydrogen-bond acceptors (Lipinski definition) is 3. The van der Waals surface area contributed by atoms with Crippen LogP contribution in [0.15, 0.2) is 6.07 Å². The molecule has 1 heterocycles. The molecule has 0 spiro atoms. The summed E-state index contributed by atoms with van der Waals surface area (Å²) in [6.45, 7) is 3.15. The number of halogens is 1. The Hall–Kier alpha value is -0.930. The number of nitrogens with two attached hydrogens (primary N) is 1. The van der Waals surface area contributed by atoms with E-state index in [0.717, 1.165) is 40.5 Å². The van der Waals surface area contributed by atoms with Crippen LogP contribution in [0.3, 0.4) is 0 Å². The van der Waals surface area contributed by atoms with Gasteiger partial charge in [0.1, 0.15) is 13.2 Å². The van der Waals surface area contributed by atoms with Crippen molar-refractivity contribution in [3.05, 3.63) is 22.2 Å². The van der Waals surface area contributed by atoms with Crippen LogP contribution >= 0.6 is 11.6 Å². The largest absolute Gasteiger partial charge is 0.486 e. The van der Waals surface area contributed by atoms with Gasteiger partial charge in [-0.05, 0) is 31.4 Å². The average Bonchev–Trinajstić information content (AvgIpc) is 2.43. The maximum Gasteiger partial charge on any atom is 0.165 e. The summed E-state index contributed by atoms with van der Waals surface area (Å²) in [5.74, 6) is 1.57. The summed E-state index contributed by atoms with van der Waals surface area (Å²) in [6.07, 6.45) is 5.58. The quantitative estimate of drug-likeness (QED) is 0.856. The molecule has 1 aliphatic heterocycles. The first kappa shape index (κ1) is 13.1. The normalized spacial score (nSPS) is 21.2. The summed E-state index contributed by atoms with van der Waals surface area (Å²) in [4.78, 5) is 0. The third kappa shape index (κ3) is 2.19. The Morgan fingerprint density at radius 3 is 2.58 bits per heavy atom. The van der Waals surface area contributed by atoms with E-state index in [9.17, 15) is 0 Å². The summed E-state index contributed by atoms with van der Waals surface area (Å²) in [6, 6.07) is 2.00. The van der Waals surface area contributed by atoms with Crippen LogP contribution in [0.25, 0.3) is 0 Å². The minimum atomic E-state index is -0.310. The third-order valence-electron chi connectivity index (χ3n) is 4.28. The van der Waals surface area contributed by atoms with E-state index >= 15 is 0 Å². The molecule has 1 saturated carbocycles. The minimum absolute atomic E-state index is 0.310. The Morgan fingerprint density at radius 1 is 1.16 bits per heavy atom. The fourth-order valence-corrected chi connectivity index (χ4v) is 3.47. The molecule has 3 nitrogen and oxygen atoms in total. The second-order valence-electron chi connectivity index (χ2n) is 5.60. The van der Waals surface area contributed by atoms with Crippen LogP contribution in [0.2, 0.25) is 5.02 Å². The van der Waals surface area contributed by atoms with Gasteiger partial charge in [0.25, 0.3) is 0 Å². The smallest absolute Gasteiger partial charge is 0.165 e. The van der Waals surface area contributed by atoms with Gasteiger partial charge in [-0.15, -0.1) is 0 Å². The maximum atomic E-state index is 6.60. The SMILES string of the molecule is Cc1c(Cl)c(C2(N)CCCCC2)cc2c1OCCO2. The number of ether oxygens (including phenoxy) is 2. The van der Waals surface area contributed by atoms with Crippen molar-refractivity contribution in [2.75, 3.05) is 13.2 Å². The molecular weight excluding hydrogens is 262 g/mol. The Balaban J connectivity index is 2.08. The highest BCUT2D eigenvalue weighted by Crippen LogP contribution is 2.46. The van der Waals surface area contributed by atoms with Gasteiger partial charge in [-0.2, -0.15) is 0 Å². The molecule has 4 heteroatoms. The van der Waals surface area contributed by atoms with E-state index < -0.39 is 0 Å². The monoisotopic (exact) mass is 281 g/mol. The van der Waals surface area contributed by atoms with Crippen LogP contribution in [-0.2, 0) is 5.54 Å². The Kier molecular flexibility index (Phi) is 3.35. The highest BCUT2D eigenvalue weighted by molar-refractivity contribution is 6.32. The molecule has 1 aliphatic carbocycles. The van der Waals surface area contributed by atoms with Crippen LogP contribution in [0.5, 0.6) is 11.5 Å². The first-order chi connectivity index (χ1) is 9.12. The molecule has 0 bridgehead atoms. The first-order valence-electron chi connectivity index (χ1n) is 7.00. The van der Waals surface area contributed by atoms with Gasteiger partial charge in [-0.1, -0.05) is 30.9 Å². The van der Waals surface area contributed by atoms with Gasteiger partial charge in [0, 0.05) is 11.1 Å². The zero-order valence-corrected chi connectivity index (χ0v) is 12.1. The summed E-state index contributed by atoms with van der Waals surface area (Å²) in [5.41, 5.74) is 8.26. The van der Waals surface area contributed by atoms with Gasteiger partial charge in [-0.3, -0.25) is 0 Å². The third-order valence-corrected chi connectivity index (χ3v) is 4.76. The van der Waals surface area contributed by atoms with Crippen LogP contribution in [0.4, 0.5) is 0 Å². The topological polar surface area (TPSA) is 44.5 Å². The Labute approximate surface area is 119 Å². The summed E-state index contributed by atoms with van der Waals surface area (Å²) in [7, 11) is 0. The van der Waals surface area contributed by atoms with E-state index in [0.29, 0.717) is 13.2 Å². The van der Waals surface area contributed by atoms with Gasteiger partial charge >= 0.3 is 0 Å². The second kappa shape index (κ2) is 4.88. The van der Waals surface area contributed by atoms with Crippen molar-refractivity contribution >= 4 is 11.6 Å². The molecule has 0 atom stereocenters. The van der Waals surface area contributed by atoms with Crippen molar-refractivity contribution in [2.24, 2.45) is 5.73 Å². The molecule has 0 unspecified atom stereocenters. The van der Waals surface area contributed by atoms with Crippen LogP contribution in [0, 0.1) is 6.92 Å². The molecule has 2 aliphatic rings. The van der Waals surface area contributed by atoms with Crippen molar-refractivity contribution in [3.8, 4) is 11.5 Å². The summed E-state index contributed by atoms with van der Waals surface area (Å²) < 4.78 is 11.4. The molecule has 1 aromatic rings. The summed E-state index contributed by atoms with van der Waals surface area (Å²) in [5, 5.41) is 0.744. The van der Waals surface area contributed by atoms with Crippen molar-refractivity contribution < 1.29 is 9.47 Å². The highest BCUT2D eigenvalue weighted by atomic mass is 35.5. The molecule has 1 aromatic carbocycles. The molecule has 0 saturated heterocycles. The Bertz CT molecular complexity index is 495. The van der Waals surface area contributed by atoms with Gasteiger partial charge in [0.05, 0.1) is 5.02 Å². The molecule has 104 valence electrons. The molecule has 1 fully saturated rings. The fourth-order valence-electron chi connectivity index (χ4n) is 3.14. The van der Waals surface area contributed by atoms with E-state index in [-0.39, 0.29) is 5.54 Å². The van der Waals surface area contributed by atoms with E-state index in [1.54, 1.807) is 0 Å². The molecule has 19 heavy (non-hydrogen) atoms. The minimum Gasteiger partial charge on any atom is -0.486 e. The van der Waals surface area contributed by atoms with Crippen LogP contribution in [0.1, 0.15) is 43.2 Å². The molecular formula is C15H20ClNO2. The molecule has 0 amide bonds. The van der Waals surface area contributed by atoms with Crippen molar-refractivity contribution in [1.82, 2.24) is 0 Å². The van der Waals surface area contributed by atoms with Crippen LogP contribution in [-0.4, -0.2) is 13.2 Å². The van der Waals surface area contributed by atoms with Crippen molar-refractivity contribution in [3.63, 3.8) is 0 Å². The van der Waals surface area contributed by atoms with E-state index in [2.05, 4.69) is 0 Å². The predicted octanol–water partition coefficient (Wildman–Crippen LogP) is 3.54. The van der Waals surface area contributed by atoms with Crippen LogP contribution < -0.4 is 15.2 Å². The first-order valence-corrected chi connectivity index (χ1v) is 7.38. The summed E-state index contributed by atoms with van der Waals surface area (Å²) >= 11 is 6.54. The zero-order chi connectivity index (χ0) is 13.5. The van der Waals surface area contributed by atoms with Crippen molar-refractivity contribution in [2.45, 2.75) is 44.6 Å². The highest BCUT2D eigenvalue weighted by Gasteiger charge is 2.34. The Morgan fingerprint density at radius 2 is 1.84 bits per heavy atom. The zero-order valence-electron chi connectivity index (χ0n) is 11.3. The second-order valence-corrected chi connectivity index (χ2v) is 5.98. The number of hydrogen-bond donors (Lipinski definition) is 1. The molecule has 0 radical (unpaired) electrons. The van der Waals surface area contributed by atoms with Gasteiger partial charge < -0.3 is 15.2 Å². The average molecular weight is 282 g/mol. The maximum absolute atomic E-state index is 6.60. The number of benzene rings is 1. The lowest BCUT2D eigenvalue weighted by Gasteiger charge is -2.36. The lowest BCUT2D eigenvalue weighted by atomic mass is 9.77. The molecule has 0 aromatic heterocycles. The molecule has 2 N–H and O–H groups in total. The lowest BCUT2D eigenvalue weighted by Crippen LogP contribution is -2.39. The predicted molar refractivity (Wildman–Crippen MR) is 76.1 cm³/mol. The number of fused-ring (bicyclic) bond motifs is 1. The van der Waals surface area contributed by atoms with Gasteiger partial charge in [0.15, 0.2) is 11.5 Å². The standard InChI is InChI=1S/C15H20ClNO2/c1-10-13(16)11(15(17)5-3-2-4-6-15)9-12-14(10)19-8-7-18-12/h9H,2-8,17H2,1H3. The van der Waals surface area contributed by atoms with Gasteiger partial charge in [-0.25, -0.2) is 0 Å². The van der Waals surface area contributed by atoms with E-state index in [1.165, 1.54) is 19.3 Å². The van der Waals surface area contributed by atoms with E-state index in [4.69, 9.17) is 26.8 Å². The fraction of sp³-hybridized carbons (Fsp3) is 0.600.